The molecule has 0 bridgehead atoms. The Morgan fingerprint density at radius 3 is 2.40 bits per heavy atom. The summed E-state index contributed by atoms with van der Waals surface area (Å²) >= 11 is 1.69. The summed E-state index contributed by atoms with van der Waals surface area (Å²) in [4.78, 5) is 2.36. The van der Waals surface area contributed by atoms with E-state index >= 15 is 0 Å². The first-order chi connectivity index (χ1) is 9.38. The molecular weight excluding hydrogens is 292 g/mol. The molecule has 0 spiro atoms. The van der Waals surface area contributed by atoms with Gasteiger partial charge in [0.15, 0.2) is 0 Å². The molecule has 1 aromatic heterocycles. The van der Waals surface area contributed by atoms with Crippen LogP contribution >= 0.6 is 11.3 Å². The summed E-state index contributed by atoms with van der Waals surface area (Å²) in [5.41, 5.74) is 2.35. The van der Waals surface area contributed by atoms with Crippen molar-refractivity contribution in [3.8, 4) is 0 Å². The van der Waals surface area contributed by atoms with Crippen molar-refractivity contribution in [2.45, 2.75) is 24.4 Å². The van der Waals surface area contributed by atoms with Gasteiger partial charge in [0.1, 0.15) is 0 Å². The van der Waals surface area contributed by atoms with E-state index in [4.69, 9.17) is 5.14 Å². The topological polar surface area (TPSA) is 63.4 Å². The Hall–Kier alpha value is -1.21. The lowest BCUT2D eigenvalue weighted by molar-refractivity contribution is 0.253. The molecule has 1 atom stereocenters. The van der Waals surface area contributed by atoms with E-state index in [1.165, 1.54) is 5.56 Å². The summed E-state index contributed by atoms with van der Waals surface area (Å²) in [6.45, 7) is 2.96. The van der Waals surface area contributed by atoms with E-state index < -0.39 is 10.0 Å². The zero-order chi connectivity index (χ0) is 14.8. The molecule has 0 fully saturated rings. The van der Waals surface area contributed by atoms with Crippen LogP contribution in [0.25, 0.3) is 0 Å². The highest BCUT2D eigenvalue weighted by Crippen LogP contribution is 2.22. The molecule has 0 aliphatic rings. The van der Waals surface area contributed by atoms with Gasteiger partial charge in [-0.2, -0.15) is 11.3 Å². The van der Waals surface area contributed by atoms with E-state index in [1.807, 2.05) is 12.1 Å². The van der Waals surface area contributed by atoms with Gasteiger partial charge in [0.25, 0.3) is 0 Å². The fourth-order valence-electron chi connectivity index (χ4n) is 2.00. The molecule has 1 heterocycles. The van der Waals surface area contributed by atoms with Crippen molar-refractivity contribution >= 4 is 21.4 Å². The molecule has 2 N–H and O–H groups in total. The molecule has 1 aromatic carbocycles. The largest absolute Gasteiger partial charge is 0.295 e. The standard InChI is InChI=1S/C14H18N2O2S2/c1-11(16(2)9-12-7-8-19-10-12)13-3-5-14(6-4-13)20(15,17)18/h3-8,10-11H,9H2,1-2H3,(H2,15,17,18). The van der Waals surface area contributed by atoms with Crippen molar-refractivity contribution in [1.29, 1.82) is 0 Å². The Labute approximate surface area is 123 Å². The van der Waals surface area contributed by atoms with E-state index in [2.05, 4.69) is 35.7 Å². The molecule has 2 rings (SSSR count). The van der Waals surface area contributed by atoms with Gasteiger partial charge < -0.3 is 0 Å². The summed E-state index contributed by atoms with van der Waals surface area (Å²) < 4.78 is 22.5. The van der Waals surface area contributed by atoms with E-state index in [-0.39, 0.29) is 10.9 Å². The Morgan fingerprint density at radius 1 is 1.25 bits per heavy atom. The normalized spacial score (nSPS) is 13.6. The molecule has 0 saturated carbocycles. The Balaban J connectivity index is 2.10. The third kappa shape index (κ3) is 3.67. The van der Waals surface area contributed by atoms with Crippen LogP contribution in [0.1, 0.15) is 24.1 Å². The molecule has 0 amide bonds. The smallest absolute Gasteiger partial charge is 0.238 e. The van der Waals surface area contributed by atoms with E-state index in [9.17, 15) is 8.42 Å². The van der Waals surface area contributed by atoms with Crippen molar-refractivity contribution in [2.75, 3.05) is 7.05 Å². The van der Waals surface area contributed by atoms with Crippen molar-refractivity contribution in [3.63, 3.8) is 0 Å². The zero-order valence-electron chi connectivity index (χ0n) is 11.5. The van der Waals surface area contributed by atoms with Gasteiger partial charge in [0, 0.05) is 12.6 Å². The number of rotatable bonds is 5. The molecule has 108 valence electrons. The number of thiophene rings is 1. The van der Waals surface area contributed by atoms with Crippen LogP contribution in [0.15, 0.2) is 46.0 Å². The predicted molar refractivity (Wildman–Crippen MR) is 82.0 cm³/mol. The average Bonchev–Trinajstić information content (AvgIpc) is 2.90. The molecule has 6 heteroatoms. The average molecular weight is 310 g/mol. The van der Waals surface area contributed by atoms with Crippen molar-refractivity contribution in [3.05, 3.63) is 52.2 Å². The van der Waals surface area contributed by atoms with Crippen LogP contribution in [0.2, 0.25) is 0 Å². The molecular formula is C14H18N2O2S2. The third-order valence-electron chi connectivity index (χ3n) is 3.36. The minimum atomic E-state index is -3.62. The predicted octanol–water partition coefficient (Wildman–Crippen LogP) is 2.59. The number of sulfonamides is 1. The maximum absolute atomic E-state index is 11.2. The summed E-state index contributed by atoms with van der Waals surface area (Å²) in [5, 5.41) is 9.29. The lowest BCUT2D eigenvalue weighted by Crippen LogP contribution is -2.21. The maximum atomic E-state index is 11.2. The number of nitrogens with zero attached hydrogens (tertiary/aromatic N) is 1. The lowest BCUT2D eigenvalue weighted by atomic mass is 10.1. The quantitative estimate of drug-likeness (QED) is 0.923. The second kappa shape index (κ2) is 6.05. The first-order valence-corrected chi connectivity index (χ1v) is 8.71. The third-order valence-corrected chi connectivity index (χ3v) is 5.03. The van der Waals surface area contributed by atoms with Gasteiger partial charge in [-0.05, 0) is 54.1 Å². The molecule has 0 aliphatic carbocycles. The van der Waals surface area contributed by atoms with Crippen molar-refractivity contribution in [1.82, 2.24) is 4.90 Å². The first-order valence-electron chi connectivity index (χ1n) is 6.22. The van der Waals surface area contributed by atoms with Crippen LogP contribution < -0.4 is 5.14 Å². The van der Waals surface area contributed by atoms with Gasteiger partial charge in [-0.15, -0.1) is 0 Å². The summed E-state index contributed by atoms with van der Waals surface area (Å²) in [5.74, 6) is 0. The van der Waals surface area contributed by atoms with Crippen molar-refractivity contribution < 1.29 is 8.42 Å². The van der Waals surface area contributed by atoms with E-state index in [1.54, 1.807) is 23.5 Å². The molecule has 2 aromatic rings. The molecule has 20 heavy (non-hydrogen) atoms. The van der Waals surface area contributed by atoms with Crippen LogP contribution in [-0.4, -0.2) is 20.4 Å². The van der Waals surface area contributed by atoms with Gasteiger partial charge in [0.2, 0.25) is 10.0 Å². The monoisotopic (exact) mass is 310 g/mol. The van der Waals surface area contributed by atoms with Gasteiger partial charge in [-0.3, -0.25) is 4.90 Å². The van der Waals surface area contributed by atoms with Crippen LogP contribution in [0.5, 0.6) is 0 Å². The number of hydrogen-bond acceptors (Lipinski definition) is 4. The highest BCUT2D eigenvalue weighted by molar-refractivity contribution is 7.89. The molecule has 0 aliphatic heterocycles. The minimum absolute atomic E-state index is 0.147. The Bertz CT molecular complexity index is 649. The molecule has 4 nitrogen and oxygen atoms in total. The maximum Gasteiger partial charge on any atom is 0.238 e. The van der Waals surface area contributed by atoms with Gasteiger partial charge >= 0.3 is 0 Å². The van der Waals surface area contributed by atoms with E-state index in [0.717, 1.165) is 12.1 Å². The van der Waals surface area contributed by atoms with Crippen LogP contribution in [-0.2, 0) is 16.6 Å². The Kier molecular flexibility index (Phi) is 4.59. The zero-order valence-corrected chi connectivity index (χ0v) is 13.1. The summed E-state index contributed by atoms with van der Waals surface area (Å²) in [6.07, 6.45) is 0. The second-order valence-electron chi connectivity index (χ2n) is 4.84. The number of benzene rings is 1. The SMILES string of the molecule is CC(c1ccc(S(N)(=O)=O)cc1)N(C)Cc1ccsc1. The fourth-order valence-corrected chi connectivity index (χ4v) is 3.17. The van der Waals surface area contributed by atoms with Gasteiger partial charge in [-0.25, -0.2) is 13.6 Å². The summed E-state index contributed by atoms with van der Waals surface area (Å²) in [7, 11) is -1.57. The lowest BCUT2D eigenvalue weighted by Gasteiger charge is -2.24. The molecule has 0 saturated heterocycles. The van der Waals surface area contributed by atoms with Crippen LogP contribution in [0.3, 0.4) is 0 Å². The summed E-state index contributed by atoms with van der Waals surface area (Å²) in [6, 6.07) is 9.05. The van der Waals surface area contributed by atoms with Gasteiger partial charge in [-0.1, -0.05) is 12.1 Å². The highest BCUT2D eigenvalue weighted by Gasteiger charge is 2.14. The van der Waals surface area contributed by atoms with Crippen LogP contribution in [0.4, 0.5) is 0 Å². The van der Waals surface area contributed by atoms with Crippen molar-refractivity contribution in [2.24, 2.45) is 5.14 Å². The minimum Gasteiger partial charge on any atom is -0.295 e. The van der Waals surface area contributed by atoms with E-state index in [0.29, 0.717) is 0 Å². The molecule has 1 unspecified atom stereocenters. The van der Waals surface area contributed by atoms with Crippen LogP contribution in [0, 0.1) is 0 Å². The Morgan fingerprint density at radius 2 is 1.90 bits per heavy atom. The molecule has 0 radical (unpaired) electrons. The number of hydrogen-bond donors (Lipinski definition) is 1. The first kappa shape index (κ1) is 15.2. The second-order valence-corrected chi connectivity index (χ2v) is 7.18. The van der Waals surface area contributed by atoms with Gasteiger partial charge in [0.05, 0.1) is 4.90 Å². The highest BCUT2D eigenvalue weighted by atomic mass is 32.2. The number of primary sulfonamides is 1. The fraction of sp³-hybridized carbons (Fsp3) is 0.286. The number of nitrogens with two attached hydrogens (primary N) is 1.